The van der Waals surface area contributed by atoms with Gasteiger partial charge in [0.2, 0.25) is 0 Å². The van der Waals surface area contributed by atoms with Crippen LogP contribution in [0.4, 0.5) is 4.79 Å². The van der Waals surface area contributed by atoms with E-state index in [1.807, 2.05) is 6.92 Å². The minimum Gasteiger partial charge on any atom is -0.464 e. The Labute approximate surface area is 126 Å². The van der Waals surface area contributed by atoms with Gasteiger partial charge in [0.25, 0.3) is 0 Å². The van der Waals surface area contributed by atoms with Gasteiger partial charge < -0.3 is 14.7 Å². The number of hydrogen-bond acceptors (Lipinski definition) is 4. The number of rotatable bonds is 11. The molecule has 0 aliphatic carbocycles. The summed E-state index contributed by atoms with van der Waals surface area (Å²) in [7, 11) is 1.48. The van der Waals surface area contributed by atoms with E-state index in [0.29, 0.717) is 24.5 Å². The fourth-order valence-electron chi connectivity index (χ4n) is 2.69. The molecule has 1 amide bonds. The average molecular weight is 300 g/mol. The molecule has 6 heteroatoms. The molecule has 4 atom stereocenters. The van der Waals surface area contributed by atoms with Gasteiger partial charge >= 0.3 is 6.09 Å². The summed E-state index contributed by atoms with van der Waals surface area (Å²) in [6, 6.07) is -0.727. The Kier molecular flexibility index (Phi) is 9.62. The number of carboxylic acid groups (broad SMARTS) is 1. The number of aldehydes is 2. The molecule has 21 heavy (non-hydrogen) atoms. The van der Waals surface area contributed by atoms with Crippen LogP contribution in [-0.4, -0.2) is 41.9 Å². The Hall–Kier alpha value is -1.43. The summed E-state index contributed by atoms with van der Waals surface area (Å²) in [5, 5.41) is 10.0. The summed E-state index contributed by atoms with van der Waals surface area (Å²) in [6.07, 6.45) is 3.41. The Morgan fingerprint density at radius 2 is 1.90 bits per heavy atom. The lowest BCUT2D eigenvalue weighted by Gasteiger charge is -2.32. The summed E-state index contributed by atoms with van der Waals surface area (Å²) < 4.78 is 0. The number of nitrogens with zero attached hydrogens (tertiary/aromatic N) is 1. The highest BCUT2D eigenvalue weighted by Crippen LogP contribution is 2.29. The fourth-order valence-corrected chi connectivity index (χ4v) is 2.69. The van der Waals surface area contributed by atoms with Crippen molar-refractivity contribution >= 4 is 18.7 Å². The first-order valence-corrected chi connectivity index (χ1v) is 7.51. The molecule has 2 N–H and O–H groups in total. The molecule has 0 aromatic carbocycles. The van der Waals surface area contributed by atoms with Gasteiger partial charge in [-0.05, 0) is 30.6 Å². The quantitative estimate of drug-likeness (QED) is 0.452. The van der Waals surface area contributed by atoms with E-state index >= 15 is 0 Å². The highest BCUT2D eigenvalue weighted by molar-refractivity contribution is 5.71. The third kappa shape index (κ3) is 6.25. The van der Waals surface area contributed by atoms with Crippen LogP contribution in [0.1, 0.15) is 46.5 Å². The number of carbonyl (C=O) groups is 3. The molecule has 0 bridgehead atoms. The Morgan fingerprint density at radius 1 is 1.29 bits per heavy atom. The Bertz CT molecular complexity index is 336. The maximum Gasteiger partial charge on any atom is 0.422 e. The van der Waals surface area contributed by atoms with Gasteiger partial charge in [0.05, 0.1) is 0 Å². The van der Waals surface area contributed by atoms with Crippen LogP contribution in [0.3, 0.4) is 0 Å². The van der Waals surface area contributed by atoms with Crippen LogP contribution in [0.25, 0.3) is 0 Å². The predicted molar refractivity (Wildman–Crippen MR) is 80.8 cm³/mol. The van der Waals surface area contributed by atoms with Crippen LogP contribution >= 0.6 is 0 Å². The molecule has 0 saturated heterocycles. The molecule has 0 aromatic rings. The normalized spacial score (nSPS) is 16.6. The Morgan fingerprint density at radius 3 is 2.29 bits per heavy atom. The molecule has 0 aliphatic rings. The van der Waals surface area contributed by atoms with Gasteiger partial charge in [-0.2, -0.15) is 0 Å². The van der Waals surface area contributed by atoms with Crippen LogP contribution < -0.4 is 5.43 Å². The smallest absolute Gasteiger partial charge is 0.422 e. The summed E-state index contributed by atoms with van der Waals surface area (Å²) in [4.78, 5) is 33.0. The van der Waals surface area contributed by atoms with Crippen molar-refractivity contribution < 1.29 is 19.5 Å². The van der Waals surface area contributed by atoms with Gasteiger partial charge in [0.1, 0.15) is 18.6 Å². The van der Waals surface area contributed by atoms with Crippen molar-refractivity contribution in [2.45, 2.75) is 52.5 Å². The lowest BCUT2D eigenvalue weighted by atomic mass is 9.80. The first kappa shape index (κ1) is 19.6. The number of carbonyl (C=O) groups excluding carboxylic acids is 2. The zero-order valence-electron chi connectivity index (χ0n) is 13.4. The molecule has 0 aliphatic heterocycles. The molecule has 122 valence electrons. The first-order chi connectivity index (χ1) is 9.92. The fraction of sp³-hybridized carbons (Fsp3) is 0.800. The summed E-state index contributed by atoms with van der Waals surface area (Å²) in [5.74, 6) is 0.634. The third-order valence-corrected chi connectivity index (χ3v) is 4.25. The van der Waals surface area contributed by atoms with Crippen LogP contribution in [-0.2, 0) is 9.59 Å². The second-order valence-corrected chi connectivity index (χ2v) is 5.61. The number of hydrazine groups is 1. The number of nitrogens with one attached hydrogen (secondary N) is 1. The summed E-state index contributed by atoms with van der Waals surface area (Å²) in [5.41, 5.74) is 2.54. The average Bonchev–Trinajstić information content (AvgIpc) is 2.47. The largest absolute Gasteiger partial charge is 0.464 e. The maximum atomic E-state index is 11.3. The van der Waals surface area contributed by atoms with Gasteiger partial charge in [0, 0.05) is 13.5 Å². The molecule has 0 rings (SSSR count). The molecule has 0 radical (unpaired) electrons. The highest BCUT2D eigenvalue weighted by Gasteiger charge is 2.30. The zero-order chi connectivity index (χ0) is 16.4. The Balaban J connectivity index is 4.90. The predicted octanol–water partition coefficient (Wildman–Crippen LogP) is 2.34. The lowest BCUT2D eigenvalue weighted by Crippen LogP contribution is -2.51. The van der Waals surface area contributed by atoms with Crippen molar-refractivity contribution in [2.24, 2.45) is 17.8 Å². The number of hydrogen-bond donors (Lipinski definition) is 2. The van der Waals surface area contributed by atoms with Gasteiger partial charge in [0.15, 0.2) is 0 Å². The van der Waals surface area contributed by atoms with Crippen molar-refractivity contribution in [1.29, 1.82) is 0 Å². The van der Waals surface area contributed by atoms with E-state index < -0.39 is 12.1 Å². The van der Waals surface area contributed by atoms with Gasteiger partial charge in [-0.3, -0.25) is 0 Å². The van der Waals surface area contributed by atoms with E-state index in [2.05, 4.69) is 19.3 Å². The molecule has 0 heterocycles. The van der Waals surface area contributed by atoms with Crippen molar-refractivity contribution in [1.82, 2.24) is 10.4 Å². The van der Waals surface area contributed by atoms with E-state index in [-0.39, 0.29) is 5.92 Å². The first-order valence-electron chi connectivity index (χ1n) is 7.51. The zero-order valence-corrected chi connectivity index (χ0v) is 13.4. The number of amides is 1. The molecule has 0 aromatic heterocycles. The second kappa shape index (κ2) is 10.3. The van der Waals surface area contributed by atoms with E-state index in [0.717, 1.165) is 30.6 Å². The molecule has 4 unspecified atom stereocenters. The molecule has 0 saturated carbocycles. The third-order valence-electron chi connectivity index (χ3n) is 4.25. The second-order valence-electron chi connectivity index (χ2n) is 5.61. The molecule has 0 spiro atoms. The van der Waals surface area contributed by atoms with Crippen molar-refractivity contribution in [3.63, 3.8) is 0 Å². The highest BCUT2D eigenvalue weighted by atomic mass is 16.4. The van der Waals surface area contributed by atoms with Crippen molar-refractivity contribution in [3.05, 3.63) is 0 Å². The molecular formula is C15H28N2O4. The maximum absolute atomic E-state index is 11.3. The van der Waals surface area contributed by atoms with Crippen molar-refractivity contribution in [3.8, 4) is 0 Å². The van der Waals surface area contributed by atoms with Gasteiger partial charge in [-0.15, -0.1) is 0 Å². The van der Waals surface area contributed by atoms with Crippen LogP contribution in [0.5, 0.6) is 0 Å². The van der Waals surface area contributed by atoms with Crippen molar-refractivity contribution in [2.75, 3.05) is 7.05 Å². The monoisotopic (exact) mass is 300 g/mol. The van der Waals surface area contributed by atoms with Crippen LogP contribution in [0, 0.1) is 17.8 Å². The van der Waals surface area contributed by atoms with E-state index in [9.17, 15) is 14.4 Å². The van der Waals surface area contributed by atoms with E-state index in [4.69, 9.17) is 5.11 Å². The van der Waals surface area contributed by atoms with Crippen LogP contribution in [0.15, 0.2) is 0 Å². The van der Waals surface area contributed by atoms with Crippen LogP contribution in [0.2, 0.25) is 0 Å². The minimum absolute atomic E-state index is 0.114. The van der Waals surface area contributed by atoms with Gasteiger partial charge in [-0.1, -0.05) is 27.2 Å². The minimum atomic E-state index is -1.17. The molecular weight excluding hydrogens is 272 g/mol. The summed E-state index contributed by atoms with van der Waals surface area (Å²) in [6.45, 7) is 6.10. The molecule has 0 fully saturated rings. The van der Waals surface area contributed by atoms with Gasteiger partial charge in [-0.25, -0.2) is 15.2 Å². The topological polar surface area (TPSA) is 86.7 Å². The lowest BCUT2D eigenvalue weighted by molar-refractivity contribution is -0.114. The summed E-state index contributed by atoms with van der Waals surface area (Å²) >= 11 is 0. The van der Waals surface area contributed by atoms with E-state index in [1.165, 1.54) is 7.05 Å². The SMILES string of the molecule is CCC(C)C(CCC=O)CC(C)C(C=O)N(NC)C(=O)O. The van der Waals surface area contributed by atoms with E-state index in [1.54, 1.807) is 0 Å². The standard InChI is InChI=1S/C15H28N2O4/c1-5-11(2)13(7-6-8-18)9-12(3)14(10-19)17(16-4)15(20)21/h8,10-14,16H,5-7,9H2,1-4H3,(H,20,21). The molecule has 6 nitrogen and oxygen atoms in total.